The molecule has 18 heavy (non-hydrogen) atoms. The molecule has 1 unspecified atom stereocenters. The summed E-state index contributed by atoms with van der Waals surface area (Å²) < 4.78 is 18.3. The van der Waals surface area contributed by atoms with Crippen LogP contribution in [0, 0.1) is 11.7 Å². The van der Waals surface area contributed by atoms with Gasteiger partial charge in [-0.15, -0.1) is 0 Å². The molecule has 0 saturated heterocycles. The van der Waals surface area contributed by atoms with Crippen molar-refractivity contribution >= 4 is 0 Å². The third-order valence-corrected chi connectivity index (χ3v) is 3.64. The van der Waals surface area contributed by atoms with Gasteiger partial charge in [0.25, 0.3) is 0 Å². The van der Waals surface area contributed by atoms with Crippen LogP contribution in [0.5, 0.6) is 0 Å². The quantitative estimate of drug-likeness (QED) is 0.843. The summed E-state index contributed by atoms with van der Waals surface area (Å²) >= 11 is 0. The topological polar surface area (TPSA) is 35.2 Å². The molecule has 1 aromatic carbocycles. The first-order valence-corrected chi connectivity index (χ1v) is 6.79. The molecule has 1 fully saturated rings. The van der Waals surface area contributed by atoms with Crippen molar-refractivity contribution in [1.29, 1.82) is 0 Å². The molecule has 0 aliphatic heterocycles. The standard InChI is InChI=1S/C15H22FNO/c1-2-18-15-9-12(10-15)8-14(17)7-11-3-5-13(16)6-4-11/h3-6,12,14-15H,2,7-10,17H2,1H3. The highest BCUT2D eigenvalue weighted by molar-refractivity contribution is 5.17. The Balaban J connectivity index is 1.70. The summed E-state index contributed by atoms with van der Waals surface area (Å²) in [5, 5.41) is 0. The van der Waals surface area contributed by atoms with Gasteiger partial charge in [-0.05, 0) is 56.2 Å². The van der Waals surface area contributed by atoms with Crippen LogP contribution < -0.4 is 5.73 Å². The molecule has 2 rings (SSSR count). The van der Waals surface area contributed by atoms with Crippen LogP contribution >= 0.6 is 0 Å². The Morgan fingerprint density at radius 2 is 2.00 bits per heavy atom. The van der Waals surface area contributed by atoms with Crippen LogP contribution in [0.3, 0.4) is 0 Å². The minimum atomic E-state index is -0.189. The lowest BCUT2D eigenvalue weighted by Gasteiger charge is -2.36. The molecule has 0 amide bonds. The lowest BCUT2D eigenvalue weighted by Crippen LogP contribution is -2.36. The van der Waals surface area contributed by atoms with Gasteiger partial charge in [-0.2, -0.15) is 0 Å². The molecule has 100 valence electrons. The van der Waals surface area contributed by atoms with E-state index in [9.17, 15) is 4.39 Å². The Morgan fingerprint density at radius 3 is 2.61 bits per heavy atom. The number of hydrogen-bond donors (Lipinski definition) is 1. The van der Waals surface area contributed by atoms with E-state index in [-0.39, 0.29) is 11.9 Å². The molecule has 0 heterocycles. The van der Waals surface area contributed by atoms with Gasteiger partial charge < -0.3 is 10.5 Å². The van der Waals surface area contributed by atoms with Crippen LogP contribution in [0.4, 0.5) is 4.39 Å². The van der Waals surface area contributed by atoms with Crippen molar-refractivity contribution in [3.05, 3.63) is 35.6 Å². The molecule has 0 bridgehead atoms. The fourth-order valence-electron chi connectivity index (χ4n) is 2.67. The molecule has 1 aliphatic rings. The van der Waals surface area contributed by atoms with Gasteiger partial charge in [-0.3, -0.25) is 0 Å². The van der Waals surface area contributed by atoms with Crippen molar-refractivity contribution in [3.8, 4) is 0 Å². The zero-order valence-electron chi connectivity index (χ0n) is 10.9. The summed E-state index contributed by atoms with van der Waals surface area (Å²) in [5.41, 5.74) is 7.25. The predicted octanol–water partition coefficient (Wildman–Crippen LogP) is 2.90. The lowest BCUT2D eigenvalue weighted by molar-refractivity contribution is -0.0280. The number of rotatable bonds is 6. The van der Waals surface area contributed by atoms with Crippen molar-refractivity contribution in [1.82, 2.24) is 0 Å². The lowest BCUT2D eigenvalue weighted by atomic mass is 9.77. The summed E-state index contributed by atoms with van der Waals surface area (Å²) in [5.74, 6) is 0.517. The molecule has 2 nitrogen and oxygen atoms in total. The summed E-state index contributed by atoms with van der Waals surface area (Å²) in [4.78, 5) is 0. The van der Waals surface area contributed by atoms with Gasteiger partial charge >= 0.3 is 0 Å². The Bertz CT molecular complexity index is 359. The third kappa shape index (κ3) is 3.79. The van der Waals surface area contributed by atoms with Crippen molar-refractivity contribution in [2.45, 2.75) is 44.8 Å². The summed E-state index contributed by atoms with van der Waals surface area (Å²) in [6.07, 6.45) is 4.62. The first kappa shape index (κ1) is 13.5. The van der Waals surface area contributed by atoms with E-state index in [0.717, 1.165) is 37.9 Å². The number of halogens is 1. The van der Waals surface area contributed by atoms with Crippen molar-refractivity contribution < 1.29 is 9.13 Å². The van der Waals surface area contributed by atoms with Crippen LogP contribution in [0.1, 0.15) is 31.7 Å². The highest BCUT2D eigenvalue weighted by Gasteiger charge is 2.30. The van der Waals surface area contributed by atoms with E-state index in [1.807, 2.05) is 19.1 Å². The average Bonchev–Trinajstić information content (AvgIpc) is 2.29. The maximum atomic E-state index is 12.8. The first-order chi connectivity index (χ1) is 8.67. The normalized spacial score (nSPS) is 24.6. The molecule has 0 radical (unpaired) electrons. The number of ether oxygens (including phenoxy) is 1. The summed E-state index contributed by atoms with van der Waals surface area (Å²) in [6, 6.07) is 6.80. The van der Waals surface area contributed by atoms with Crippen molar-refractivity contribution in [2.75, 3.05) is 6.61 Å². The smallest absolute Gasteiger partial charge is 0.123 e. The molecule has 3 heteroatoms. The van der Waals surface area contributed by atoms with Crippen LogP contribution in [0.15, 0.2) is 24.3 Å². The second kappa shape index (κ2) is 6.30. The Morgan fingerprint density at radius 1 is 1.33 bits per heavy atom. The first-order valence-electron chi connectivity index (χ1n) is 6.79. The second-order valence-electron chi connectivity index (χ2n) is 5.24. The van der Waals surface area contributed by atoms with E-state index in [4.69, 9.17) is 10.5 Å². The molecule has 1 atom stereocenters. The van der Waals surface area contributed by atoms with Crippen LogP contribution in [-0.4, -0.2) is 18.8 Å². The van der Waals surface area contributed by atoms with E-state index in [0.29, 0.717) is 12.0 Å². The monoisotopic (exact) mass is 251 g/mol. The summed E-state index contributed by atoms with van der Waals surface area (Å²) in [6.45, 7) is 2.84. The molecule has 0 spiro atoms. The van der Waals surface area contributed by atoms with Crippen LogP contribution in [0.2, 0.25) is 0 Å². The number of nitrogens with two attached hydrogens (primary N) is 1. The molecule has 0 aromatic heterocycles. The van der Waals surface area contributed by atoms with Crippen LogP contribution in [0.25, 0.3) is 0 Å². The number of hydrogen-bond acceptors (Lipinski definition) is 2. The fraction of sp³-hybridized carbons (Fsp3) is 0.600. The highest BCUT2D eigenvalue weighted by Crippen LogP contribution is 2.33. The maximum absolute atomic E-state index is 12.8. The highest BCUT2D eigenvalue weighted by atomic mass is 19.1. The molecule has 1 aromatic rings. The maximum Gasteiger partial charge on any atom is 0.123 e. The molecule has 2 N–H and O–H groups in total. The van der Waals surface area contributed by atoms with E-state index >= 15 is 0 Å². The van der Waals surface area contributed by atoms with Gasteiger partial charge in [0.15, 0.2) is 0 Å². The largest absolute Gasteiger partial charge is 0.378 e. The van der Waals surface area contributed by atoms with Gasteiger partial charge in [0.05, 0.1) is 6.10 Å². The Hall–Kier alpha value is -0.930. The Labute approximate surface area is 108 Å². The van der Waals surface area contributed by atoms with Crippen molar-refractivity contribution in [2.24, 2.45) is 11.7 Å². The third-order valence-electron chi connectivity index (χ3n) is 3.64. The minimum Gasteiger partial charge on any atom is -0.378 e. The molecular weight excluding hydrogens is 229 g/mol. The molecular formula is C15H22FNO. The van der Waals surface area contributed by atoms with E-state index < -0.39 is 0 Å². The van der Waals surface area contributed by atoms with E-state index in [2.05, 4.69) is 0 Å². The van der Waals surface area contributed by atoms with Crippen LogP contribution in [-0.2, 0) is 11.2 Å². The SMILES string of the molecule is CCOC1CC(CC(N)Cc2ccc(F)cc2)C1. The van der Waals surface area contributed by atoms with Gasteiger partial charge in [0.1, 0.15) is 5.82 Å². The van der Waals surface area contributed by atoms with Gasteiger partial charge in [-0.1, -0.05) is 12.1 Å². The van der Waals surface area contributed by atoms with Gasteiger partial charge in [-0.25, -0.2) is 4.39 Å². The average molecular weight is 251 g/mol. The fourth-order valence-corrected chi connectivity index (χ4v) is 2.67. The molecule has 1 saturated carbocycles. The zero-order chi connectivity index (χ0) is 13.0. The van der Waals surface area contributed by atoms with Crippen molar-refractivity contribution in [3.63, 3.8) is 0 Å². The van der Waals surface area contributed by atoms with Gasteiger partial charge in [0, 0.05) is 12.6 Å². The van der Waals surface area contributed by atoms with E-state index in [1.54, 1.807) is 0 Å². The minimum absolute atomic E-state index is 0.169. The predicted molar refractivity (Wildman–Crippen MR) is 70.8 cm³/mol. The second-order valence-corrected chi connectivity index (χ2v) is 5.24. The van der Waals surface area contributed by atoms with E-state index in [1.165, 1.54) is 12.1 Å². The number of benzene rings is 1. The Kier molecular flexibility index (Phi) is 4.72. The summed E-state index contributed by atoms with van der Waals surface area (Å²) in [7, 11) is 0. The molecule has 1 aliphatic carbocycles. The zero-order valence-corrected chi connectivity index (χ0v) is 10.9. The van der Waals surface area contributed by atoms with Gasteiger partial charge in [0.2, 0.25) is 0 Å².